The number of likely N-dealkylation sites (tertiary alicyclic amines) is 1. The second kappa shape index (κ2) is 6.44. The van der Waals surface area contributed by atoms with Gasteiger partial charge >= 0.3 is 0 Å². The minimum Gasteiger partial charge on any atom is -0.340 e. The lowest BCUT2D eigenvalue weighted by Gasteiger charge is -2.37. The minimum absolute atomic E-state index is 0.459. The fourth-order valence-electron chi connectivity index (χ4n) is 3.07. The molecule has 0 bridgehead atoms. The summed E-state index contributed by atoms with van der Waals surface area (Å²) in [4.78, 5) is 13.4. The molecule has 0 aliphatic carbocycles. The maximum absolute atomic E-state index is 4.57. The van der Waals surface area contributed by atoms with E-state index in [2.05, 4.69) is 44.9 Å². The van der Waals surface area contributed by atoms with Crippen LogP contribution in [0, 0.1) is 6.92 Å². The first-order chi connectivity index (χ1) is 10.6. The minimum atomic E-state index is 0.459. The molecule has 2 aromatic heterocycles. The van der Waals surface area contributed by atoms with Crippen molar-refractivity contribution in [3.63, 3.8) is 0 Å². The van der Waals surface area contributed by atoms with Gasteiger partial charge in [0.15, 0.2) is 0 Å². The first-order valence-electron chi connectivity index (χ1n) is 7.85. The third-order valence-corrected chi connectivity index (χ3v) is 4.45. The molecule has 118 valence electrons. The molecule has 6 heteroatoms. The maximum atomic E-state index is 4.57. The van der Waals surface area contributed by atoms with E-state index in [0.717, 1.165) is 31.3 Å². The van der Waals surface area contributed by atoms with Crippen molar-refractivity contribution in [2.75, 3.05) is 25.0 Å². The van der Waals surface area contributed by atoms with Crippen LogP contribution >= 0.6 is 0 Å². The second-order valence-electron chi connectivity index (χ2n) is 6.09. The number of hydrogen-bond donors (Lipinski definition) is 0. The number of piperidine rings is 1. The molecular formula is C16H24N6. The smallest absolute Gasteiger partial charge is 0.225 e. The predicted molar refractivity (Wildman–Crippen MR) is 86.7 cm³/mol. The van der Waals surface area contributed by atoms with Gasteiger partial charge in [-0.15, -0.1) is 0 Å². The fraction of sp³-hybridized carbons (Fsp3) is 0.562. The largest absolute Gasteiger partial charge is 0.340 e. The Morgan fingerprint density at radius 2 is 2.09 bits per heavy atom. The summed E-state index contributed by atoms with van der Waals surface area (Å²) in [5.41, 5.74) is 2.36. The van der Waals surface area contributed by atoms with Crippen LogP contribution in [0.4, 0.5) is 5.95 Å². The third-order valence-electron chi connectivity index (χ3n) is 4.45. The lowest BCUT2D eigenvalue weighted by molar-refractivity contribution is 0.195. The highest BCUT2D eigenvalue weighted by molar-refractivity contribution is 5.29. The summed E-state index contributed by atoms with van der Waals surface area (Å²) in [5, 5.41) is 4.57. The molecule has 1 unspecified atom stereocenters. The highest BCUT2D eigenvalue weighted by Gasteiger charge is 2.25. The van der Waals surface area contributed by atoms with E-state index in [0.29, 0.717) is 6.04 Å². The van der Waals surface area contributed by atoms with Crippen molar-refractivity contribution in [3.05, 3.63) is 35.9 Å². The van der Waals surface area contributed by atoms with Gasteiger partial charge in [-0.05, 0) is 38.4 Å². The Balaban J connectivity index is 1.64. The lowest BCUT2D eigenvalue weighted by Crippen LogP contribution is -2.46. The van der Waals surface area contributed by atoms with E-state index >= 15 is 0 Å². The molecule has 0 radical (unpaired) electrons. The van der Waals surface area contributed by atoms with Gasteiger partial charge in [-0.2, -0.15) is 5.10 Å². The molecule has 0 saturated carbocycles. The molecule has 1 fully saturated rings. The van der Waals surface area contributed by atoms with E-state index in [1.54, 1.807) is 12.4 Å². The molecule has 2 aromatic rings. The average Bonchev–Trinajstić information content (AvgIpc) is 2.85. The zero-order valence-corrected chi connectivity index (χ0v) is 13.6. The van der Waals surface area contributed by atoms with Crippen LogP contribution in [-0.2, 0) is 13.6 Å². The Bertz CT molecular complexity index is 589. The summed E-state index contributed by atoms with van der Waals surface area (Å²) < 4.78 is 1.95. The highest BCUT2D eigenvalue weighted by Crippen LogP contribution is 2.19. The summed E-state index contributed by atoms with van der Waals surface area (Å²) >= 11 is 0. The SMILES string of the molecule is Cc1cc(CN2CCCC(N(C)c3ncccn3)C2)nn1C. The average molecular weight is 300 g/mol. The molecule has 6 nitrogen and oxygen atoms in total. The van der Waals surface area contributed by atoms with E-state index in [1.165, 1.54) is 18.5 Å². The van der Waals surface area contributed by atoms with Crippen molar-refractivity contribution in [2.24, 2.45) is 7.05 Å². The number of aromatic nitrogens is 4. The number of aryl methyl sites for hydroxylation is 2. The van der Waals surface area contributed by atoms with Crippen LogP contribution in [0.3, 0.4) is 0 Å². The fourth-order valence-corrected chi connectivity index (χ4v) is 3.07. The molecule has 1 saturated heterocycles. The number of hydrogen-bond acceptors (Lipinski definition) is 5. The molecule has 1 aliphatic heterocycles. The molecule has 0 aromatic carbocycles. The molecule has 3 rings (SSSR count). The van der Waals surface area contributed by atoms with Gasteiger partial charge in [-0.3, -0.25) is 9.58 Å². The van der Waals surface area contributed by atoms with Gasteiger partial charge in [0.25, 0.3) is 0 Å². The normalized spacial score (nSPS) is 19.3. The molecular weight excluding hydrogens is 276 g/mol. The van der Waals surface area contributed by atoms with Gasteiger partial charge in [0.05, 0.1) is 5.69 Å². The van der Waals surface area contributed by atoms with E-state index in [1.807, 2.05) is 17.8 Å². The van der Waals surface area contributed by atoms with Crippen LogP contribution in [-0.4, -0.2) is 50.8 Å². The van der Waals surface area contributed by atoms with Crippen LogP contribution in [0.1, 0.15) is 24.2 Å². The van der Waals surface area contributed by atoms with Gasteiger partial charge in [0, 0.05) is 51.3 Å². The number of rotatable bonds is 4. The Morgan fingerprint density at radius 3 is 2.77 bits per heavy atom. The van der Waals surface area contributed by atoms with Crippen molar-refractivity contribution in [2.45, 2.75) is 32.4 Å². The van der Waals surface area contributed by atoms with E-state index in [-0.39, 0.29) is 0 Å². The Labute approximate surface area is 131 Å². The van der Waals surface area contributed by atoms with E-state index < -0.39 is 0 Å². The van der Waals surface area contributed by atoms with Crippen molar-refractivity contribution in [1.29, 1.82) is 0 Å². The lowest BCUT2D eigenvalue weighted by atomic mass is 10.0. The predicted octanol–water partition coefficient (Wildman–Crippen LogP) is 1.62. The zero-order valence-electron chi connectivity index (χ0n) is 13.6. The van der Waals surface area contributed by atoms with E-state index in [4.69, 9.17) is 0 Å². The Kier molecular flexibility index (Phi) is 4.38. The number of nitrogens with zero attached hydrogens (tertiary/aromatic N) is 6. The van der Waals surface area contributed by atoms with Crippen LogP contribution in [0.25, 0.3) is 0 Å². The molecule has 3 heterocycles. The first kappa shape index (κ1) is 15.0. The summed E-state index contributed by atoms with van der Waals surface area (Å²) in [6.45, 7) is 5.18. The second-order valence-corrected chi connectivity index (χ2v) is 6.09. The molecule has 0 N–H and O–H groups in total. The molecule has 1 atom stereocenters. The number of likely N-dealkylation sites (N-methyl/N-ethyl adjacent to an activating group) is 1. The zero-order chi connectivity index (χ0) is 15.5. The molecule has 1 aliphatic rings. The topological polar surface area (TPSA) is 50.1 Å². The van der Waals surface area contributed by atoms with Gasteiger partial charge < -0.3 is 4.90 Å². The quantitative estimate of drug-likeness (QED) is 0.859. The van der Waals surface area contributed by atoms with Gasteiger partial charge in [0.1, 0.15) is 0 Å². The van der Waals surface area contributed by atoms with Crippen LogP contribution in [0.2, 0.25) is 0 Å². The summed E-state index contributed by atoms with van der Waals surface area (Å²) in [7, 11) is 4.09. The van der Waals surface area contributed by atoms with Crippen molar-refractivity contribution in [3.8, 4) is 0 Å². The van der Waals surface area contributed by atoms with Gasteiger partial charge in [-0.25, -0.2) is 9.97 Å². The summed E-state index contributed by atoms with van der Waals surface area (Å²) in [6, 6.07) is 4.49. The summed E-state index contributed by atoms with van der Waals surface area (Å²) in [6.07, 6.45) is 5.99. The molecule has 0 amide bonds. The van der Waals surface area contributed by atoms with Crippen LogP contribution in [0.5, 0.6) is 0 Å². The third kappa shape index (κ3) is 3.27. The first-order valence-corrected chi connectivity index (χ1v) is 7.85. The van der Waals surface area contributed by atoms with Crippen LogP contribution in [0.15, 0.2) is 24.5 Å². The highest BCUT2D eigenvalue weighted by atomic mass is 15.3. The van der Waals surface area contributed by atoms with E-state index in [9.17, 15) is 0 Å². The standard InChI is InChI=1S/C16H24N6/c1-13-10-14(19-21(13)3)11-22-9-4-6-15(12-22)20(2)16-17-7-5-8-18-16/h5,7-8,10,15H,4,6,9,11-12H2,1-3H3. The monoisotopic (exact) mass is 300 g/mol. The Morgan fingerprint density at radius 1 is 1.32 bits per heavy atom. The number of anilines is 1. The summed E-state index contributed by atoms with van der Waals surface area (Å²) in [5.74, 6) is 0.808. The van der Waals surface area contributed by atoms with Crippen molar-refractivity contribution >= 4 is 5.95 Å². The van der Waals surface area contributed by atoms with Crippen LogP contribution < -0.4 is 4.90 Å². The maximum Gasteiger partial charge on any atom is 0.225 e. The molecule has 0 spiro atoms. The molecule has 22 heavy (non-hydrogen) atoms. The van der Waals surface area contributed by atoms with Gasteiger partial charge in [0.2, 0.25) is 5.95 Å². The van der Waals surface area contributed by atoms with Crippen molar-refractivity contribution in [1.82, 2.24) is 24.6 Å². The van der Waals surface area contributed by atoms with Crippen molar-refractivity contribution < 1.29 is 0 Å². The van der Waals surface area contributed by atoms with Gasteiger partial charge in [-0.1, -0.05) is 0 Å². The Hall–Kier alpha value is -1.95.